The first-order chi connectivity index (χ1) is 16.3. The molecule has 8 nitrogen and oxygen atoms in total. The number of rotatable bonds is 5. The zero-order chi connectivity index (χ0) is 24.6. The number of nitrogens with zero attached hydrogens (tertiary/aromatic N) is 2. The summed E-state index contributed by atoms with van der Waals surface area (Å²) in [6, 6.07) is 12.0. The number of thiazole rings is 1. The zero-order valence-electron chi connectivity index (χ0n) is 18.4. The molecule has 0 saturated carbocycles. The molecule has 1 N–H and O–H groups in total. The lowest BCUT2D eigenvalue weighted by atomic mass is 9.95. The molecule has 0 unspecified atom stereocenters. The zero-order valence-corrected chi connectivity index (χ0v) is 19.9. The fourth-order valence-electron chi connectivity index (χ4n) is 3.66. The number of benzene rings is 2. The van der Waals surface area contributed by atoms with Gasteiger partial charge in [-0.2, -0.15) is 0 Å². The number of halogens is 1. The first-order valence-electron chi connectivity index (χ1n) is 10.0. The monoisotopic (exact) mass is 498 g/mol. The Morgan fingerprint density at radius 3 is 2.32 bits per heavy atom. The second-order valence-corrected chi connectivity index (χ2v) is 8.77. The number of carbonyl (C=O) groups excluding carboxylic acids is 3. The van der Waals surface area contributed by atoms with Crippen LogP contribution in [0.15, 0.2) is 54.1 Å². The molecule has 0 radical (unpaired) electrons. The van der Waals surface area contributed by atoms with Crippen molar-refractivity contribution < 1.29 is 29.0 Å². The Morgan fingerprint density at radius 1 is 1.09 bits per heavy atom. The average Bonchev–Trinajstić information content (AvgIpc) is 3.35. The van der Waals surface area contributed by atoms with E-state index in [1.165, 1.54) is 19.1 Å². The maximum atomic E-state index is 13.2. The summed E-state index contributed by atoms with van der Waals surface area (Å²) in [4.78, 5) is 44.3. The van der Waals surface area contributed by atoms with Gasteiger partial charge in [0.2, 0.25) is 0 Å². The number of anilines is 1. The van der Waals surface area contributed by atoms with Gasteiger partial charge >= 0.3 is 11.9 Å². The van der Waals surface area contributed by atoms with Crippen LogP contribution in [0, 0.1) is 6.92 Å². The highest BCUT2D eigenvalue weighted by atomic mass is 35.5. The molecule has 1 aliphatic rings. The van der Waals surface area contributed by atoms with Crippen molar-refractivity contribution in [1.29, 1.82) is 0 Å². The summed E-state index contributed by atoms with van der Waals surface area (Å²) in [5.41, 5.74) is 1.12. The van der Waals surface area contributed by atoms with Crippen molar-refractivity contribution in [1.82, 2.24) is 4.98 Å². The third kappa shape index (κ3) is 4.04. The predicted octanol–water partition coefficient (Wildman–Crippen LogP) is 4.53. The van der Waals surface area contributed by atoms with Crippen molar-refractivity contribution in [3.63, 3.8) is 0 Å². The summed E-state index contributed by atoms with van der Waals surface area (Å²) in [5, 5.41) is 11.7. The predicted molar refractivity (Wildman–Crippen MR) is 127 cm³/mol. The summed E-state index contributed by atoms with van der Waals surface area (Å²) in [7, 11) is 2.77. The summed E-state index contributed by atoms with van der Waals surface area (Å²) >= 11 is 6.89. The normalized spacial score (nSPS) is 17.2. The van der Waals surface area contributed by atoms with Crippen molar-refractivity contribution in [3.05, 3.63) is 80.8 Å². The van der Waals surface area contributed by atoms with Crippen LogP contribution >= 0.6 is 22.9 Å². The van der Waals surface area contributed by atoms with Crippen molar-refractivity contribution in [2.75, 3.05) is 19.1 Å². The van der Waals surface area contributed by atoms with Gasteiger partial charge < -0.3 is 14.6 Å². The summed E-state index contributed by atoms with van der Waals surface area (Å²) in [5.74, 6) is -2.11. The number of hydrogen-bond acceptors (Lipinski definition) is 8. The Kier molecular flexibility index (Phi) is 6.41. The third-order valence-electron chi connectivity index (χ3n) is 5.36. The molecule has 3 aromatic rings. The van der Waals surface area contributed by atoms with E-state index in [1.54, 1.807) is 55.5 Å². The highest BCUT2D eigenvalue weighted by Crippen LogP contribution is 2.44. The molecule has 34 heavy (non-hydrogen) atoms. The fourth-order valence-corrected chi connectivity index (χ4v) is 4.80. The van der Waals surface area contributed by atoms with Gasteiger partial charge in [-0.3, -0.25) is 14.5 Å². The molecule has 1 fully saturated rings. The standard InChI is InChI=1S/C24H19ClN2O6S/c1-12-21(23(31)33-3)34-24(26-12)27-18(13-6-10-16(32-2)11-7-13)17(20(29)22(27)30)19(28)14-4-8-15(25)9-5-14/h4-11,18,28H,1-3H3/b19-17+/t18-/m0/s1. The van der Waals surface area contributed by atoms with Gasteiger partial charge in [-0.05, 0) is 48.9 Å². The molecule has 174 valence electrons. The van der Waals surface area contributed by atoms with E-state index < -0.39 is 23.7 Å². The van der Waals surface area contributed by atoms with E-state index in [2.05, 4.69) is 4.98 Å². The minimum atomic E-state index is -0.988. The number of aliphatic hydroxyl groups excluding tert-OH is 1. The van der Waals surface area contributed by atoms with Crippen molar-refractivity contribution in [2.45, 2.75) is 13.0 Å². The van der Waals surface area contributed by atoms with Crippen LogP contribution in [0.1, 0.15) is 32.5 Å². The number of carbonyl (C=O) groups is 3. The summed E-state index contributed by atoms with van der Waals surface area (Å²) < 4.78 is 10.0. The number of aliphatic hydroxyl groups is 1. The molecule has 1 aliphatic heterocycles. The van der Waals surface area contributed by atoms with Gasteiger partial charge in [-0.15, -0.1) is 0 Å². The lowest BCUT2D eigenvalue weighted by molar-refractivity contribution is -0.132. The third-order valence-corrected chi connectivity index (χ3v) is 6.74. The van der Waals surface area contributed by atoms with Gasteiger partial charge in [-0.1, -0.05) is 35.1 Å². The van der Waals surface area contributed by atoms with Crippen LogP contribution in [0.2, 0.25) is 5.02 Å². The van der Waals surface area contributed by atoms with E-state index >= 15 is 0 Å². The van der Waals surface area contributed by atoms with Crippen LogP contribution in [0.4, 0.5) is 5.13 Å². The van der Waals surface area contributed by atoms with Gasteiger partial charge in [0, 0.05) is 10.6 Å². The van der Waals surface area contributed by atoms with E-state index in [9.17, 15) is 19.5 Å². The molecule has 4 rings (SSSR count). The second-order valence-electron chi connectivity index (χ2n) is 7.35. The summed E-state index contributed by atoms with van der Waals surface area (Å²) in [6.45, 7) is 1.61. The first-order valence-corrected chi connectivity index (χ1v) is 11.2. The van der Waals surface area contributed by atoms with Crippen LogP contribution in [0.3, 0.4) is 0 Å². The average molecular weight is 499 g/mol. The van der Waals surface area contributed by atoms with Crippen LogP contribution in [-0.4, -0.2) is 42.0 Å². The number of Topliss-reactive ketones (excluding diaryl/α,β-unsaturated/α-hetero) is 1. The van der Waals surface area contributed by atoms with Gasteiger partial charge in [0.15, 0.2) is 5.13 Å². The molecule has 0 bridgehead atoms. The van der Waals surface area contributed by atoms with E-state index in [0.29, 0.717) is 27.6 Å². The Morgan fingerprint density at radius 2 is 1.74 bits per heavy atom. The van der Waals surface area contributed by atoms with Gasteiger partial charge in [0.1, 0.15) is 16.4 Å². The van der Waals surface area contributed by atoms with Gasteiger partial charge in [-0.25, -0.2) is 9.78 Å². The number of methoxy groups -OCH3 is 2. The highest BCUT2D eigenvalue weighted by Gasteiger charge is 2.48. The molecule has 2 aromatic carbocycles. The molecule has 2 heterocycles. The summed E-state index contributed by atoms with van der Waals surface area (Å²) in [6.07, 6.45) is 0. The number of aromatic nitrogens is 1. The molecule has 1 amide bonds. The van der Waals surface area contributed by atoms with Crippen LogP contribution in [0.25, 0.3) is 5.76 Å². The largest absolute Gasteiger partial charge is 0.507 e. The SMILES string of the molecule is COC(=O)c1sc(N2C(=O)C(=O)/C(=C(/O)c3ccc(Cl)cc3)[C@@H]2c2ccc(OC)cc2)nc1C. The molecule has 1 aromatic heterocycles. The fraction of sp³-hybridized carbons (Fsp3) is 0.167. The maximum absolute atomic E-state index is 13.2. The highest BCUT2D eigenvalue weighted by molar-refractivity contribution is 7.17. The van der Waals surface area contributed by atoms with Crippen LogP contribution in [0.5, 0.6) is 5.75 Å². The number of ether oxygens (including phenoxy) is 2. The van der Waals surface area contributed by atoms with E-state index in [-0.39, 0.29) is 21.3 Å². The number of ketones is 1. The molecular formula is C24H19ClN2O6S. The van der Waals surface area contributed by atoms with Crippen molar-refractivity contribution >= 4 is 51.5 Å². The van der Waals surface area contributed by atoms with Crippen molar-refractivity contribution in [2.24, 2.45) is 0 Å². The Labute approximate surface area is 204 Å². The quantitative estimate of drug-likeness (QED) is 0.238. The van der Waals surface area contributed by atoms with Crippen LogP contribution in [-0.2, 0) is 14.3 Å². The lowest BCUT2D eigenvalue weighted by Gasteiger charge is -2.23. The number of aryl methyl sites for hydroxylation is 1. The Balaban J connectivity index is 1.92. The number of esters is 1. The lowest BCUT2D eigenvalue weighted by Crippen LogP contribution is -2.29. The minimum absolute atomic E-state index is 0.107. The topological polar surface area (TPSA) is 106 Å². The molecule has 10 heteroatoms. The minimum Gasteiger partial charge on any atom is -0.507 e. The Hall–Kier alpha value is -3.69. The van der Waals surface area contributed by atoms with Crippen LogP contribution < -0.4 is 9.64 Å². The molecule has 1 atom stereocenters. The van der Waals surface area contributed by atoms with Gasteiger partial charge in [0.05, 0.1) is 31.5 Å². The van der Waals surface area contributed by atoms with Gasteiger partial charge in [0.25, 0.3) is 5.78 Å². The number of hydrogen-bond donors (Lipinski definition) is 1. The molecule has 0 spiro atoms. The van der Waals surface area contributed by atoms with E-state index in [4.69, 9.17) is 21.1 Å². The van der Waals surface area contributed by atoms with E-state index in [0.717, 1.165) is 11.3 Å². The smallest absolute Gasteiger partial charge is 0.350 e. The number of amides is 1. The van der Waals surface area contributed by atoms with E-state index in [1.807, 2.05) is 0 Å². The second kappa shape index (κ2) is 9.28. The molecular weight excluding hydrogens is 480 g/mol. The molecule has 1 saturated heterocycles. The van der Waals surface area contributed by atoms with Crippen molar-refractivity contribution in [3.8, 4) is 5.75 Å². The maximum Gasteiger partial charge on any atom is 0.350 e. The Bertz CT molecular complexity index is 1310. The first kappa shape index (κ1) is 23.5. The molecule has 0 aliphatic carbocycles.